The van der Waals surface area contributed by atoms with Crippen LogP contribution in [0, 0.1) is 5.41 Å². The predicted octanol–water partition coefficient (Wildman–Crippen LogP) is 1.53. The lowest BCUT2D eigenvalue weighted by atomic mass is 9.82. The molecule has 0 aromatic carbocycles. The number of methoxy groups -OCH3 is 1. The molecule has 0 aromatic rings. The van der Waals surface area contributed by atoms with Crippen LogP contribution in [-0.4, -0.2) is 35.9 Å². The van der Waals surface area contributed by atoms with E-state index in [2.05, 4.69) is 13.8 Å². The van der Waals surface area contributed by atoms with Gasteiger partial charge in [-0.1, -0.05) is 13.8 Å². The van der Waals surface area contributed by atoms with Crippen LogP contribution in [0.3, 0.4) is 0 Å². The van der Waals surface area contributed by atoms with Gasteiger partial charge in [-0.15, -0.1) is 0 Å². The summed E-state index contributed by atoms with van der Waals surface area (Å²) >= 11 is 1.82. The highest BCUT2D eigenvalue weighted by Crippen LogP contribution is 2.39. The Hall–Kier alpha value is 0.270. The Morgan fingerprint density at radius 3 is 2.58 bits per heavy atom. The minimum absolute atomic E-state index is 0.246. The molecule has 1 unspecified atom stereocenters. The molecule has 0 aromatic heterocycles. The van der Waals surface area contributed by atoms with E-state index in [9.17, 15) is 5.11 Å². The third-order valence-corrected chi connectivity index (χ3v) is 3.81. The van der Waals surface area contributed by atoms with Gasteiger partial charge in [0.2, 0.25) is 0 Å². The third-order valence-electron chi connectivity index (χ3n) is 2.08. The second-order valence-corrected chi connectivity index (χ2v) is 5.48. The molecule has 2 nitrogen and oxygen atoms in total. The van der Waals surface area contributed by atoms with E-state index < -0.39 is 5.60 Å². The second kappa shape index (κ2) is 3.56. The van der Waals surface area contributed by atoms with Gasteiger partial charge in [-0.05, 0) is 17.6 Å². The molecule has 0 radical (unpaired) electrons. The van der Waals surface area contributed by atoms with Crippen molar-refractivity contribution in [2.75, 3.05) is 25.2 Å². The Bertz CT molecular complexity index is 155. The molecule has 3 heteroatoms. The topological polar surface area (TPSA) is 29.5 Å². The van der Waals surface area contributed by atoms with Gasteiger partial charge in [-0.3, -0.25) is 0 Å². The molecule has 1 N–H and O–H groups in total. The van der Waals surface area contributed by atoms with Gasteiger partial charge < -0.3 is 9.84 Å². The van der Waals surface area contributed by atoms with Crippen LogP contribution in [0.1, 0.15) is 20.3 Å². The van der Waals surface area contributed by atoms with Gasteiger partial charge in [0.15, 0.2) is 0 Å². The fourth-order valence-corrected chi connectivity index (χ4v) is 3.19. The molecule has 1 atom stereocenters. The van der Waals surface area contributed by atoms with E-state index in [1.807, 2.05) is 11.8 Å². The summed E-state index contributed by atoms with van der Waals surface area (Å²) in [6.45, 7) is 4.85. The molecule has 0 bridgehead atoms. The maximum atomic E-state index is 10.1. The first-order valence-corrected chi connectivity index (χ1v) is 5.42. The van der Waals surface area contributed by atoms with Crippen LogP contribution in [0.2, 0.25) is 0 Å². The average molecular weight is 190 g/mol. The van der Waals surface area contributed by atoms with Gasteiger partial charge in [-0.25, -0.2) is 0 Å². The summed E-state index contributed by atoms with van der Waals surface area (Å²) in [7, 11) is 1.64. The molecule has 1 fully saturated rings. The van der Waals surface area contributed by atoms with Crippen molar-refractivity contribution in [3.05, 3.63) is 0 Å². The van der Waals surface area contributed by atoms with Crippen LogP contribution in [-0.2, 0) is 4.74 Å². The second-order valence-electron chi connectivity index (χ2n) is 4.49. The Balaban J connectivity index is 2.55. The molecule has 0 amide bonds. The SMILES string of the molecule is COCC1(O)CSCC(C)(C)C1. The van der Waals surface area contributed by atoms with Crippen LogP contribution in [0.5, 0.6) is 0 Å². The van der Waals surface area contributed by atoms with Gasteiger partial charge in [0.05, 0.1) is 12.2 Å². The zero-order valence-corrected chi connectivity index (χ0v) is 8.91. The Morgan fingerprint density at radius 1 is 1.42 bits per heavy atom. The van der Waals surface area contributed by atoms with Gasteiger partial charge in [0.25, 0.3) is 0 Å². The van der Waals surface area contributed by atoms with Crippen molar-refractivity contribution in [1.29, 1.82) is 0 Å². The minimum Gasteiger partial charge on any atom is -0.387 e. The Kier molecular flexibility index (Phi) is 3.07. The van der Waals surface area contributed by atoms with Crippen molar-refractivity contribution in [2.24, 2.45) is 5.41 Å². The summed E-state index contributed by atoms with van der Waals surface area (Å²) < 4.78 is 5.01. The number of thioether (sulfide) groups is 1. The summed E-state index contributed by atoms with van der Waals surface area (Å²) in [5.41, 5.74) is -0.350. The number of aliphatic hydroxyl groups is 1. The smallest absolute Gasteiger partial charge is 0.0975 e. The summed E-state index contributed by atoms with van der Waals surface area (Å²) in [6.07, 6.45) is 0.848. The molecule has 12 heavy (non-hydrogen) atoms. The fourth-order valence-electron chi connectivity index (χ4n) is 1.87. The first-order chi connectivity index (χ1) is 5.47. The van der Waals surface area contributed by atoms with Gasteiger partial charge in [0, 0.05) is 12.9 Å². The van der Waals surface area contributed by atoms with Gasteiger partial charge in [0.1, 0.15) is 0 Å². The maximum Gasteiger partial charge on any atom is 0.0975 e. The molecule has 72 valence electrons. The Morgan fingerprint density at radius 2 is 2.08 bits per heavy atom. The van der Waals surface area contributed by atoms with Gasteiger partial charge >= 0.3 is 0 Å². The van der Waals surface area contributed by atoms with E-state index in [1.54, 1.807) is 7.11 Å². The summed E-state index contributed by atoms with van der Waals surface area (Å²) in [4.78, 5) is 0. The van der Waals surface area contributed by atoms with E-state index in [0.29, 0.717) is 6.61 Å². The molecule has 0 saturated carbocycles. The summed E-state index contributed by atoms with van der Waals surface area (Å²) in [5.74, 6) is 1.95. The van der Waals surface area contributed by atoms with E-state index in [0.717, 1.165) is 17.9 Å². The van der Waals surface area contributed by atoms with Crippen LogP contribution in [0.25, 0.3) is 0 Å². The van der Waals surface area contributed by atoms with E-state index >= 15 is 0 Å². The largest absolute Gasteiger partial charge is 0.387 e. The van der Waals surface area contributed by atoms with Crippen molar-refractivity contribution < 1.29 is 9.84 Å². The van der Waals surface area contributed by atoms with E-state index in [1.165, 1.54) is 0 Å². The molecule has 1 aliphatic rings. The molecular weight excluding hydrogens is 172 g/mol. The summed E-state index contributed by atoms with van der Waals surface area (Å²) in [5, 5.41) is 10.1. The lowest BCUT2D eigenvalue weighted by Gasteiger charge is -2.40. The highest BCUT2D eigenvalue weighted by Gasteiger charge is 2.38. The molecule has 1 saturated heterocycles. The molecule has 0 spiro atoms. The van der Waals surface area contributed by atoms with Crippen molar-refractivity contribution >= 4 is 11.8 Å². The molecule has 1 aliphatic heterocycles. The van der Waals surface area contributed by atoms with Crippen LogP contribution >= 0.6 is 11.8 Å². The standard InChI is InChI=1S/C9H18O2S/c1-8(2)4-9(10,5-11-3)7-12-6-8/h10H,4-7H2,1-3H3. The van der Waals surface area contributed by atoms with Crippen molar-refractivity contribution in [2.45, 2.75) is 25.9 Å². The monoisotopic (exact) mass is 190 g/mol. The Labute approximate surface area is 78.7 Å². The van der Waals surface area contributed by atoms with Crippen LogP contribution < -0.4 is 0 Å². The lowest BCUT2D eigenvalue weighted by Crippen LogP contribution is -2.45. The van der Waals surface area contributed by atoms with Crippen LogP contribution in [0.15, 0.2) is 0 Å². The molecule has 1 heterocycles. The highest BCUT2D eigenvalue weighted by atomic mass is 32.2. The van der Waals surface area contributed by atoms with Crippen molar-refractivity contribution in [3.63, 3.8) is 0 Å². The fraction of sp³-hybridized carbons (Fsp3) is 1.00. The number of hydrogen-bond acceptors (Lipinski definition) is 3. The minimum atomic E-state index is -0.596. The first kappa shape index (κ1) is 10.4. The normalized spacial score (nSPS) is 35.0. The highest BCUT2D eigenvalue weighted by molar-refractivity contribution is 7.99. The van der Waals surface area contributed by atoms with E-state index in [-0.39, 0.29) is 5.41 Å². The van der Waals surface area contributed by atoms with Crippen molar-refractivity contribution in [1.82, 2.24) is 0 Å². The molecular formula is C9H18O2S. The predicted molar refractivity (Wildman–Crippen MR) is 52.5 cm³/mol. The average Bonchev–Trinajstić information content (AvgIpc) is 1.83. The summed E-state index contributed by atoms with van der Waals surface area (Å²) in [6, 6.07) is 0. The maximum absolute atomic E-state index is 10.1. The number of hydrogen-bond donors (Lipinski definition) is 1. The third kappa shape index (κ3) is 2.64. The first-order valence-electron chi connectivity index (χ1n) is 4.27. The van der Waals surface area contributed by atoms with E-state index in [4.69, 9.17) is 4.74 Å². The number of rotatable bonds is 2. The molecule has 1 rings (SSSR count). The number of ether oxygens (including phenoxy) is 1. The van der Waals surface area contributed by atoms with Crippen molar-refractivity contribution in [3.8, 4) is 0 Å². The van der Waals surface area contributed by atoms with Gasteiger partial charge in [-0.2, -0.15) is 11.8 Å². The van der Waals surface area contributed by atoms with Crippen LogP contribution in [0.4, 0.5) is 0 Å². The zero-order valence-electron chi connectivity index (χ0n) is 8.09. The zero-order chi connectivity index (χ0) is 9.24. The molecule has 0 aliphatic carbocycles. The lowest BCUT2D eigenvalue weighted by molar-refractivity contribution is -0.0417. The quantitative estimate of drug-likeness (QED) is 0.716.